The first-order chi connectivity index (χ1) is 13.2. The molecule has 6 N–H and O–H groups in total. The molecule has 0 saturated carbocycles. The Kier molecular flexibility index (Phi) is 23.4. The van der Waals surface area contributed by atoms with E-state index >= 15 is 0 Å². The van der Waals surface area contributed by atoms with Crippen LogP contribution in [0, 0.1) is 0 Å². The molecule has 0 fully saturated rings. The van der Waals surface area contributed by atoms with Crippen molar-refractivity contribution in [3.63, 3.8) is 0 Å². The van der Waals surface area contributed by atoms with Crippen molar-refractivity contribution in [1.82, 2.24) is 10.6 Å². The van der Waals surface area contributed by atoms with E-state index in [4.69, 9.17) is 11.5 Å². The molecule has 0 aromatic carbocycles. The minimum Gasteiger partial charge on any atom is -0.548 e. The van der Waals surface area contributed by atoms with E-state index in [1.165, 1.54) is 0 Å². The fraction of sp³-hybridized carbons (Fsp3) is 0.778. The SMILES string of the molecule is CCC(=O)N[C@@H](CCCCN)C(=O)[O-].CCC(=O)N[C@@H](CCCCN)C(=O)[O-].[Zn+2]. The third-order valence-corrected chi connectivity index (χ3v) is 3.78. The summed E-state index contributed by atoms with van der Waals surface area (Å²) in [6.45, 7) is 4.39. The second-order valence-corrected chi connectivity index (χ2v) is 6.15. The van der Waals surface area contributed by atoms with Crippen molar-refractivity contribution in [1.29, 1.82) is 0 Å². The number of carbonyl (C=O) groups excluding carboxylic acids is 4. The first-order valence-electron chi connectivity index (χ1n) is 9.63. The molecule has 0 aliphatic rings. The number of hydrogen-bond donors (Lipinski definition) is 4. The number of amides is 2. The normalized spacial score (nSPS) is 11.7. The number of carboxylic acid groups (broad SMARTS) is 2. The molecular weight excluding hydrogens is 434 g/mol. The number of aliphatic carboxylic acids is 2. The van der Waals surface area contributed by atoms with E-state index in [2.05, 4.69) is 10.6 Å². The number of nitrogens with two attached hydrogens (primary N) is 2. The van der Waals surface area contributed by atoms with Crippen molar-refractivity contribution in [2.24, 2.45) is 11.5 Å². The van der Waals surface area contributed by atoms with E-state index in [1.807, 2.05) is 0 Å². The van der Waals surface area contributed by atoms with Gasteiger partial charge in [-0.3, -0.25) is 9.59 Å². The number of carboxylic acids is 2. The average Bonchev–Trinajstić information content (AvgIpc) is 2.66. The van der Waals surface area contributed by atoms with Gasteiger partial charge in [-0.15, -0.1) is 0 Å². The van der Waals surface area contributed by atoms with Crippen molar-refractivity contribution in [3.05, 3.63) is 0 Å². The predicted octanol–water partition coefficient (Wildman–Crippen LogP) is -2.48. The Morgan fingerprint density at radius 3 is 1.24 bits per heavy atom. The Morgan fingerprint density at radius 2 is 1.03 bits per heavy atom. The van der Waals surface area contributed by atoms with Gasteiger partial charge in [-0.2, -0.15) is 0 Å². The topological polar surface area (TPSA) is 190 Å². The molecule has 0 saturated heterocycles. The molecular formula is C18H34N4O6Zn. The summed E-state index contributed by atoms with van der Waals surface area (Å²) in [5.74, 6) is -3.01. The maximum absolute atomic E-state index is 10.9. The minimum absolute atomic E-state index is 0. The van der Waals surface area contributed by atoms with E-state index in [0.29, 0.717) is 38.8 Å². The zero-order valence-corrected chi connectivity index (χ0v) is 20.5. The fourth-order valence-electron chi connectivity index (χ4n) is 2.08. The van der Waals surface area contributed by atoms with Crippen LogP contribution in [0.1, 0.15) is 65.2 Å². The summed E-state index contributed by atoms with van der Waals surface area (Å²) in [5, 5.41) is 25.9. The summed E-state index contributed by atoms with van der Waals surface area (Å²) in [4.78, 5) is 43.0. The zero-order valence-electron chi connectivity index (χ0n) is 17.5. The second-order valence-electron chi connectivity index (χ2n) is 6.15. The second kappa shape index (κ2) is 21.1. The molecule has 0 aromatic rings. The Labute approximate surface area is 185 Å². The summed E-state index contributed by atoms with van der Waals surface area (Å²) < 4.78 is 0. The molecule has 10 nitrogen and oxygen atoms in total. The first-order valence-corrected chi connectivity index (χ1v) is 9.63. The maximum atomic E-state index is 10.9. The minimum atomic E-state index is -1.23. The van der Waals surface area contributed by atoms with Gasteiger partial charge in [0.25, 0.3) is 0 Å². The van der Waals surface area contributed by atoms with Gasteiger partial charge in [0.2, 0.25) is 11.8 Å². The number of rotatable bonds is 14. The van der Waals surface area contributed by atoms with E-state index in [9.17, 15) is 29.4 Å². The summed E-state index contributed by atoms with van der Waals surface area (Å²) in [7, 11) is 0. The van der Waals surface area contributed by atoms with Gasteiger partial charge in [0.15, 0.2) is 0 Å². The fourth-order valence-corrected chi connectivity index (χ4v) is 2.08. The van der Waals surface area contributed by atoms with Crippen LogP contribution in [-0.4, -0.2) is 48.9 Å². The molecule has 164 valence electrons. The molecule has 0 aromatic heterocycles. The van der Waals surface area contributed by atoms with E-state index in [0.717, 1.165) is 12.8 Å². The van der Waals surface area contributed by atoms with E-state index in [1.54, 1.807) is 13.8 Å². The number of hydrogen-bond acceptors (Lipinski definition) is 8. The Balaban J connectivity index is -0.000000451. The molecule has 0 bridgehead atoms. The van der Waals surface area contributed by atoms with Crippen molar-refractivity contribution in [2.75, 3.05) is 13.1 Å². The molecule has 0 aliphatic heterocycles. The first kappa shape index (κ1) is 32.1. The summed E-state index contributed by atoms with van der Waals surface area (Å²) >= 11 is 0. The predicted molar refractivity (Wildman–Crippen MR) is 100 cm³/mol. The molecule has 0 heterocycles. The Bertz CT molecular complexity index is 437. The summed E-state index contributed by atoms with van der Waals surface area (Å²) in [6.07, 6.45) is 4.19. The Hall–Kier alpha value is -1.58. The zero-order chi connectivity index (χ0) is 21.9. The van der Waals surface area contributed by atoms with Crippen LogP contribution in [0.25, 0.3) is 0 Å². The number of nitrogens with one attached hydrogen (secondary N) is 2. The van der Waals surface area contributed by atoms with Crippen LogP contribution < -0.4 is 32.3 Å². The third kappa shape index (κ3) is 19.5. The molecule has 0 aliphatic carbocycles. The van der Waals surface area contributed by atoms with Crippen molar-refractivity contribution >= 4 is 23.8 Å². The van der Waals surface area contributed by atoms with Gasteiger partial charge in [0.05, 0.1) is 24.0 Å². The van der Waals surface area contributed by atoms with Crippen LogP contribution in [0.2, 0.25) is 0 Å². The average molecular weight is 468 g/mol. The molecule has 29 heavy (non-hydrogen) atoms. The number of unbranched alkanes of at least 4 members (excludes halogenated alkanes) is 2. The largest absolute Gasteiger partial charge is 2.00 e. The Morgan fingerprint density at radius 1 is 0.724 bits per heavy atom. The van der Waals surface area contributed by atoms with Gasteiger partial charge in [-0.1, -0.05) is 13.8 Å². The molecule has 0 rings (SSSR count). The third-order valence-electron chi connectivity index (χ3n) is 3.78. The maximum Gasteiger partial charge on any atom is 2.00 e. The summed E-state index contributed by atoms with van der Waals surface area (Å²) in [5.41, 5.74) is 10.5. The van der Waals surface area contributed by atoms with Crippen LogP contribution in [0.4, 0.5) is 0 Å². The smallest absolute Gasteiger partial charge is 0.548 e. The van der Waals surface area contributed by atoms with Crippen LogP contribution in [0.15, 0.2) is 0 Å². The van der Waals surface area contributed by atoms with Gasteiger partial charge in [0, 0.05) is 12.8 Å². The van der Waals surface area contributed by atoms with Gasteiger partial charge in [-0.25, -0.2) is 0 Å². The molecule has 0 spiro atoms. The van der Waals surface area contributed by atoms with Crippen molar-refractivity contribution in [3.8, 4) is 0 Å². The van der Waals surface area contributed by atoms with Crippen molar-refractivity contribution in [2.45, 2.75) is 77.3 Å². The molecule has 0 radical (unpaired) electrons. The van der Waals surface area contributed by atoms with Crippen LogP contribution in [0.5, 0.6) is 0 Å². The molecule has 2 atom stereocenters. The van der Waals surface area contributed by atoms with Crippen molar-refractivity contribution < 1.29 is 48.9 Å². The molecule has 0 unspecified atom stereocenters. The standard InChI is InChI=1S/2C9H18N2O3.Zn/c2*1-2-8(12)11-7(9(13)14)5-3-4-6-10;/h2*7H,2-6,10H2,1H3,(H,11,12)(H,13,14);/q;;+2/p-2/t2*7-;/m00./s1. The van der Waals surface area contributed by atoms with E-state index in [-0.39, 0.29) is 44.1 Å². The van der Waals surface area contributed by atoms with Crippen LogP contribution >= 0.6 is 0 Å². The van der Waals surface area contributed by atoms with Gasteiger partial charge in [0.1, 0.15) is 0 Å². The molecule has 11 heteroatoms. The number of carbonyl (C=O) groups is 4. The van der Waals surface area contributed by atoms with Gasteiger partial charge in [-0.05, 0) is 51.6 Å². The molecule has 2 amide bonds. The van der Waals surface area contributed by atoms with E-state index < -0.39 is 24.0 Å². The summed E-state index contributed by atoms with van der Waals surface area (Å²) in [6, 6.07) is -1.76. The van der Waals surface area contributed by atoms with Crippen LogP contribution in [0.3, 0.4) is 0 Å². The monoisotopic (exact) mass is 466 g/mol. The van der Waals surface area contributed by atoms with Gasteiger partial charge >= 0.3 is 19.5 Å². The quantitative estimate of drug-likeness (QED) is 0.159. The van der Waals surface area contributed by atoms with Gasteiger partial charge < -0.3 is 41.9 Å². The van der Waals surface area contributed by atoms with Crippen LogP contribution in [-0.2, 0) is 38.7 Å².